The minimum Gasteiger partial charge on any atom is -0.423 e. The first-order valence-corrected chi connectivity index (χ1v) is 11.7. The predicted molar refractivity (Wildman–Crippen MR) is 128 cm³/mol. The summed E-state index contributed by atoms with van der Waals surface area (Å²) < 4.78 is 31.1. The normalized spacial score (nSPS) is 11.3. The molecule has 0 aromatic heterocycles. The molecule has 0 aliphatic rings. The van der Waals surface area contributed by atoms with Gasteiger partial charge in [-0.25, -0.2) is 17.5 Å². The fourth-order valence-corrected chi connectivity index (χ4v) is 4.06. The SMILES string of the molecule is Cc1ccc(C(=O)N(C)c2ccc(OC(=O)c3cc(S(=O)(=O)N(C)C)ccc3Cl)cc2)cc1. The largest absolute Gasteiger partial charge is 0.423 e. The summed E-state index contributed by atoms with van der Waals surface area (Å²) in [4.78, 5) is 26.7. The molecule has 9 heteroatoms. The van der Waals surface area contributed by atoms with Gasteiger partial charge < -0.3 is 9.64 Å². The maximum absolute atomic E-state index is 12.7. The van der Waals surface area contributed by atoms with Crippen molar-refractivity contribution in [2.45, 2.75) is 11.8 Å². The van der Waals surface area contributed by atoms with Gasteiger partial charge >= 0.3 is 5.97 Å². The molecule has 0 aliphatic carbocycles. The topological polar surface area (TPSA) is 84.0 Å². The zero-order valence-corrected chi connectivity index (χ0v) is 20.1. The number of anilines is 1. The molecule has 172 valence electrons. The first-order chi connectivity index (χ1) is 15.5. The van der Waals surface area contributed by atoms with Crippen LogP contribution in [0.15, 0.2) is 71.6 Å². The van der Waals surface area contributed by atoms with Gasteiger partial charge in [0.2, 0.25) is 10.0 Å². The van der Waals surface area contributed by atoms with Crippen LogP contribution in [-0.4, -0.2) is 45.7 Å². The Kier molecular flexibility index (Phi) is 7.22. The van der Waals surface area contributed by atoms with Crippen LogP contribution in [0, 0.1) is 6.92 Å². The number of carbonyl (C=O) groups excluding carboxylic acids is 2. The van der Waals surface area contributed by atoms with Crippen molar-refractivity contribution < 1.29 is 22.7 Å². The number of aryl methyl sites for hydroxylation is 1. The molecule has 0 fully saturated rings. The number of amides is 1. The van der Waals surface area contributed by atoms with Crippen LogP contribution in [0.5, 0.6) is 5.75 Å². The Labute approximate surface area is 198 Å². The fourth-order valence-electron chi connectivity index (χ4n) is 2.94. The van der Waals surface area contributed by atoms with Gasteiger partial charge in [0.15, 0.2) is 0 Å². The van der Waals surface area contributed by atoms with Gasteiger partial charge in [-0.3, -0.25) is 4.79 Å². The van der Waals surface area contributed by atoms with Crippen LogP contribution in [0.25, 0.3) is 0 Å². The molecule has 7 nitrogen and oxygen atoms in total. The van der Waals surface area contributed by atoms with Crippen LogP contribution in [-0.2, 0) is 10.0 Å². The van der Waals surface area contributed by atoms with E-state index in [4.69, 9.17) is 16.3 Å². The van der Waals surface area contributed by atoms with Gasteiger partial charge in [-0.05, 0) is 61.5 Å². The Bertz CT molecular complexity index is 1290. The zero-order valence-electron chi connectivity index (χ0n) is 18.6. The first-order valence-electron chi connectivity index (χ1n) is 9.90. The number of benzene rings is 3. The van der Waals surface area contributed by atoms with Gasteiger partial charge in [0.1, 0.15) is 5.75 Å². The number of carbonyl (C=O) groups is 2. The van der Waals surface area contributed by atoms with Gasteiger partial charge in [0.25, 0.3) is 5.91 Å². The molecule has 3 aromatic rings. The lowest BCUT2D eigenvalue weighted by Crippen LogP contribution is -2.26. The number of esters is 1. The van der Waals surface area contributed by atoms with E-state index in [0.29, 0.717) is 11.3 Å². The van der Waals surface area contributed by atoms with Crippen molar-refractivity contribution >= 4 is 39.2 Å². The molecule has 3 aromatic carbocycles. The van der Waals surface area contributed by atoms with E-state index in [0.717, 1.165) is 9.87 Å². The number of halogens is 1. The summed E-state index contributed by atoms with van der Waals surface area (Å²) in [5, 5.41) is 0.0674. The minimum absolute atomic E-state index is 0.0674. The zero-order chi connectivity index (χ0) is 24.3. The maximum atomic E-state index is 12.7. The van der Waals surface area contributed by atoms with Crippen molar-refractivity contribution in [2.24, 2.45) is 0 Å². The predicted octanol–water partition coefficient (Wildman–Crippen LogP) is 4.39. The third-order valence-corrected chi connectivity index (χ3v) is 7.11. The van der Waals surface area contributed by atoms with Gasteiger partial charge in [-0.2, -0.15) is 0 Å². The number of sulfonamides is 1. The second-order valence-corrected chi connectivity index (χ2v) is 10.1. The van der Waals surface area contributed by atoms with Crippen molar-refractivity contribution in [3.8, 4) is 5.75 Å². The summed E-state index contributed by atoms with van der Waals surface area (Å²) in [6.07, 6.45) is 0. The molecule has 0 saturated heterocycles. The number of hydrogen-bond donors (Lipinski definition) is 0. The van der Waals surface area contributed by atoms with Crippen LogP contribution in [0.2, 0.25) is 5.02 Å². The number of rotatable bonds is 6. The fraction of sp³-hybridized carbons (Fsp3) is 0.167. The highest BCUT2D eigenvalue weighted by Gasteiger charge is 2.22. The smallest absolute Gasteiger partial charge is 0.345 e. The van der Waals surface area contributed by atoms with E-state index in [1.807, 2.05) is 19.1 Å². The summed E-state index contributed by atoms with van der Waals surface area (Å²) in [6.45, 7) is 1.95. The molecule has 0 heterocycles. The standard InChI is InChI=1S/C24H23ClN2O5S/c1-16-5-7-17(8-6-16)23(28)27(4)18-9-11-19(12-10-18)32-24(29)21-15-20(13-14-22(21)25)33(30,31)26(2)3/h5-15H,1-4H3. The van der Waals surface area contributed by atoms with Gasteiger partial charge in [-0.1, -0.05) is 29.3 Å². The van der Waals surface area contributed by atoms with Gasteiger partial charge in [0.05, 0.1) is 15.5 Å². The molecule has 0 saturated carbocycles. The highest BCUT2D eigenvalue weighted by atomic mass is 35.5. The van der Waals surface area contributed by atoms with Crippen LogP contribution >= 0.6 is 11.6 Å². The molecule has 0 aliphatic heterocycles. The second-order valence-electron chi connectivity index (χ2n) is 7.54. The molecule has 0 spiro atoms. The van der Waals surface area contributed by atoms with Gasteiger partial charge in [-0.15, -0.1) is 0 Å². The van der Waals surface area contributed by atoms with E-state index in [-0.39, 0.29) is 27.1 Å². The van der Waals surface area contributed by atoms with Crippen molar-refractivity contribution in [3.05, 3.63) is 88.4 Å². The van der Waals surface area contributed by atoms with E-state index in [9.17, 15) is 18.0 Å². The lowest BCUT2D eigenvalue weighted by molar-refractivity contribution is 0.0734. The lowest BCUT2D eigenvalue weighted by atomic mass is 10.1. The maximum Gasteiger partial charge on any atom is 0.345 e. The third kappa shape index (κ3) is 5.42. The average molecular weight is 487 g/mol. The van der Waals surface area contributed by atoms with E-state index >= 15 is 0 Å². The minimum atomic E-state index is -3.74. The quantitative estimate of drug-likeness (QED) is 0.381. The average Bonchev–Trinajstić information content (AvgIpc) is 2.79. The van der Waals surface area contributed by atoms with E-state index in [1.54, 1.807) is 43.4 Å². The molecule has 0 N–H and O–H groups in total. The molecular formula is C24H23ClN2O5S. The first kappa shape index (κ1) is 24.4. The Balaban J connectivity index is 1.77. The van der Waals surface area contributed by atoms with Crippen LogP contribution in [0.3, 0.4) is 0 Å². The highest BCUT2D eigenvalue weighted by Crippen LogP contribution is 2.25. The van der Waals surface area contributed by atoms with Crippen LogP contribution in [0.4, 0.5) is 5.69 Å². The Morgan fingerprint density at radius 1 is 0.879 bits per heavy atom. The molecule has 0 radical (unpaired) electrons. The van der Waals surface area contributed by atoms with E-state index < -0.39 is 16.0 Å². The van der Waals surface area contributed by atoms with Crippen molar-refractivity contribution in [1.29, 1.82) is 0 Å². The van der Waals surface area contributed by atoms with Crippen LogP contribution < -0.4 is 9.64 Å². The second kappa shape index (κ2) is 9.74. The van der Waals surface area contributed by atoms with Crippen molar-refractivity contribution in [1.82, 2.24) is 4.31 Å². The Morgan fingerprint density at radius 3 is 2.06 bits per heavy atom. The van der Waals surface area contributed by atoms with E-state index in [1.165, 1.54) is 37.2 Å². The highest BCUT2D eigenvalue weighted by molar-refractivity contribution is 7.89. The van der Waals surface area contributed by atoms with E-state index in [2.05, 4.69) is 0 Å². The summed E-state index contributed by atoms with van der Waals surface area (Å²) >= 11 is 6.10. The summed E-state index contributed by atoms with van der Waals surface area (Å²) in [5.41, 5.74) is 2.15. The van der Waals surface area contributed by atoms with Crippen molar-refractivity contribution in [3.63, 3.8) is 0 Å². The summed E-state index contributed by atoms with van der Waals surface area (Å²) in [7, 11) is 0.697. The van der Waals surface area contributed by atoms with Gasteiger partial charge in [0, 0.05) is 32.4 Å². The molecule has 1 amide bonds. The van der Waals surface area contributed by atoms with Crippen molar-refractivity contribution in [2.75, 3.05) is 26.0 Å². The van der Waals surface area contributed by atoms with Crippen LogP contribution in [0.1, 0.15) is 26.3 Å². The molecule has 33 heavy (non-hydrogen) atoms. The monoisotopic (exact) mass is 486 g/mol. The molecule has 3 rings (SSSR count). The number of ether oxygens (including phenoxy) is 1. The Morgan fingerprint density at radius 2 is 1.48 bits per heavy atom. The molecule has 0 bridgehead atoms. The summed E-state index contributed by atoms with van der Waals surface area (Å²) in [5.74, 6) is -0.755. The molecule has 0 atom stereocenters. The number of nitrogens with zero attached hydrogens (tertiary/aromatic N) is 2. The lowest BCUT2D eigenvalue weighted by Gasteiger charge is -2.18. The molecular weight excluding hydrogens is 464 g/mol. The molecule has 0 unspecified atom stereocenters. The Hall–Kier alpha value is -3.20. The summed E-state index contributed by atoms with van der Waals surface area (Å²) in [6, 6.07) is 17.5. The number of hydrogen-bond acceptors (Lipinski definition) is 5. The third-order valence-electron chi connectivity index (χ3n) is 4.97.